The van der Waals surface area contributed by atoms with Gasteiger partial charge in [0.25, 0.3) is 0 Å². The third-order valence-electron chi connectivity index (χ3n) is 5.21. The third-order valence-corrected chi connectivity index (χ3v) is 5.21. The fourth-order valence-electron chi connectivity index (χ4n) is 3.51. The Morgan fingerprint density at radius 2 is 0.441 bits per heavy atom. The third kappa shape index (κ3) is 76.5. The Balaban J connectivity index is -0.000000341. The first-order valence-electron chi connectivity index (χ1n) is 13.0. The van der Waals surface area contributed by atoms with Crippen LogP contribution in [-0.2, 0) is 44.7 Å². The molecule has 34 heavy (non-hydrogen) atoms. The van der Waals surface area contributed by atoms with Crippen molar-refractivity contribution in [3.05, 3.63) is 0 Å². The van der Waals surface area contributed by atoms with Gasteiger partial charge in [0.1, 0.15) is 0 Å². The van der Waals surface area contributed by atoms with E-state index < -0.39 is 13.4 Å². The first-order valence-corrected chi connectivity index (χ1v) is 18.3. The zero-order valence-corrected chi connectivity index (χ0v) is 27.1. The Kier molecular flexibility index (Phi) is 41.3. The summed E-state index contributed by atoms with van der Waals surface area (Å²) in [6, 6.07) is 0. The summed E-state index contributed by atoms with van der Waals surface area (Å²) in [5.41, 5.74) is 0. The van der Waals surface area contributed by atoms with Crippen LogP contribution >= 0.6 is 13.4 Å². The maximum absolute atomic E-state index is 7.56. The second kappa shape index (κ2) is 32.8. The van der Waals surface area contributed by atoms with Crippen LogP contribution in [0.2, 0.25) is 0 Å². The summed E-state index contributed by atoms with van der Waals surface area (Å²) in [7, 11) is 0. The van der Waals surface area contributed by atoms with Crippen molar-refractivity contribution in [1.29, 1.82) is 0 Å². The SMILES string of the molecule is CCCCCCCCCCCCCCCCCCCCCCC.OP(O)(O)=S.OP(O)(O)=S.[Mo]. The molecule has 0 aliphatic carbocycles. The van der Waals surface area contributed by atoms with Crippen LogP contribution < -0.4 is 0 Å². The predicted molar refractivity (Wildman–Crippen MR) is 150 cm³/mol. The van der Waals surface area contributed by atoms with Gasteiger partial charge in [0.2, 0.25) is 0 Å². The molecule has 210 valence electrons. The predicted octanol–water partition coefficient (Wildman–Crippen LogP) is 7.59. The van der Waals surface area contributed by atoms with Crippen molar-refractivity contribution in [1.82, 2.24) is 0 Å². The monoisotopic (exact) mass is 650 g/mol. The summed E-state index contributed by atoms with van der Waals surface area (Å²) < 4.78 is 0. The van der Waals surface area contributed by atoms with E-state index in [0.29, 0.717) is 0 Å². The molecule has 0 aromatic rings. The van der Waals surface area contributed by atoms with E-state index in [1.807, 2.05) is 0 Å². The van der Waals surface area contributed by atoms with Crippen molar-refractivity contribution in [2.24, 2.45) is 0 Å². The van der Waals surface area contributed by atoms with Gasteiger partial charge in [-0.3, -0.25) is 0 Å². The molecule has 0 bridgehead atoms. The molecule has 0 spiro atoms. The van der Waals surface area contributed by atoms with Gasteiger partial charge in [-0.2, -0.15) is 0 Å². The van der Waals surface area contributed by atoms with Crippen molar-refractivity contribution in [2.75, 3.05) is 0 Å². The van der Waals surface area contributed by atoms with Crippen molar-refractivity contribution in [3.8, 4) is 0 Å². The Hall–Kier alpha value is 1.75. The van der Waals surface area contributed by atoms with E-state index in [-0.39, 0.29) is 21.1 Å². The normalized spacial score (nSPS) is 11.1. The van der Waals surface area contributed by atoms with Crippen LogP contribution in [-0.4, -0.2) is 29.4 Å². The largest absolute Gasteiger partial charge is 0.325 e. The second-order valence-corrected chi connectivity index (χ2v) is 13.7. The molecule has 0 radical (unpaired) electrons. The molecular weight excluding hydrogens is 594 g/mol. The maximum atomic E-state index is 7.56. The smallest absolute Gasteiger partial charge is 0.319 e. The zero-order chi connectivity index (χ0) is 25.8. The van der Waals surface area contributed by atoms with Gasteiger partial charge >= 0.3 is 13.4 Å². The minimum absolute atomic E-state index is 0. The van der Waals surface area contributed by atoms with Crippen LogP contribution in [0.1, 0.15) is 149 Å². The van der Waals surface area contributed by atoms with Gasteiger partial charge in [-0.15, -0.1) is 0 Å². The van der Waals surface area contributed by atoms with Crippen LogP contribution in [0.15, 0.2) is 0 Å². The molecule has 0 fully saturated rings. The summed E-state index contributed by atoms with van der Waals surface area (Å²) in [6.07, 6.45) is 30.9. The summed E-state index contributed by atoms with van der Waals surface area (Å²) in [5, 5.41) is 0. The zero-order valence-electron chi connectivity index (χ0n) is 21.7. The van der Waals surface area contributed by atoms with E-state index in [1.54, 1.807) is 0 Å². The van der Waals surface area contributed by atoms with Crippen LogP contribution in [0.3, 0.4) is 0 Å². The van der Waals surface area contributed by atoms with Crippen molar-refractivity contribution in [2.45, 2.75) is 149 Å². The van der Waals surface area contributed by atoms with Crippen molar-refractivity contribution < 1.29 is 50.4 Å². The first kappa shape index (κ1) is 42.8. The van der Waals surface area contributed by atoms with Gasteiger partial charge in [0.15, 0.2) is 0 Å². The van der Waals surface area contributed by atoms with E-state index in [1.165, 1.54) is 135 Å². The Morgan fingerprint density at radius 1 is 0.353 bits per heavy atom. The molecule has 0 atom stereocenters. The molecule has 0 aromatic carbocycles. The molecular formula is C23H54MoO6P2S2. The van der Waals surface area contributed by atoms with Crippen LogP contribution in [0, 0.1) is 0 Å². The molecule has 6 nitrogen and oxygen atoms in total. The Bertz CT molecular complexity index is 408. The van der Waals surface area contributed by atoms with Gasteiger partial charge in [-0.1, -0.05) is 149 Å². The molecule has 0 aliphatic heterocycles. The molecule has 0 heterocycles. The van der Waals surface area contributed by atoms with Gasteiger partial charge in [-0.05, 0) is 23.6 Å². The van der Waals surface area contributed by atoms with E-state index in [2.05, 4.69) is 37.5 Å². The fraction of sp³-hybridized carbons (Fsp3) is 1.00. The van der Waals surface area contributed by atoms with E-state index in [9.17, 15) is 0 Å². The van der Waals surface area contributed by atoms with Gasteiger partial charge < -0.3 is 29.4 Å². The topological polar surface area (TPSA) is 121 Å². The number of unbranched alkanes of at least 4 members (excludes halogenated alkanes) is 20. The first-order chi connectivity index (χ1) is 15.4. The van der Waals surface area contributed by atoms with Gasteiger partial charge in [0.05, 0.1) is 0 Å². The van der Waals surface area contributed by atoms with Crippen molar-refractivity contribution >= 4 is 37.1 Å². The quantitative estimate of drug-likeness (QED) is 0.0454. The van der Waals surface area contributed by atoms with Crippen LogP contribution in [0.25, 0.3) is 0 Å². The molecule has 0 aromatic heterocycles. The van der Waals surface area contributed by atoms with Gasteiger partial charge in [0, 0.05) is 21.1 Å². The Morgan fingerprint density at radius 3 is 0.529 bits per heavy atom. The molecule has 0 amide bonds. The van der Waals surface area contributed by atoms with Crippen LogP contribution in [0.4, 0.5) is 0 Å². The average molecular weight is 649 g/mol. The van der Waals surface area contributed by atoms with Crippen molar-refractivity contribution in [3.63, 3.8) is 0 Å². The van der Waals surface area contributed by atoms with E-state index in [0.717, 1.165) is 0 Å². The minimum Gasteiger partial charge on any atom is -0.325 e. The van der Waals surface area contributed by atoms with E-state index >= 15 is 0 Å². The average Bonchev–Trinajstić information content (AvgIpc) is 2.67. The molecule has 0 saturated carbocycles. The summed E-state index contributed by atoms with van der Waals surface area (Å²) in [5.74, 6) is 0. The Labute approximate surface area is 235 Å². The standard InChI is InChI=1S/C23H48.Mo.2H3O3PS/c1-3-5-7-9-11-13-15-17-19-21-23-22-20-18-16-14-12-10-8-6-4-2;;2*1-4(2,3)5/h3-23H2,1-2H3;;2*(H3,1,2,3,5). The number of hydrogen-bond donors (Lipinski definition) is 6. The fourth-order valence-corrected chi connectivity index (χ4v) is 3.51. The molecule has 6 N–H and O–H groups in total. The second-order valence-electron chi connectivity index (χ2n) is 8.74. The van der Waals surface area contributed by atoms with E-state index in [4.69, 9.17) is 29.4 Å². The maximum Gasteiger partial charge on any atom is 0.319 e. The molecule has 0 saturated heterocycles. The summed E-state index contributed by atoms with van der Waals surface area (Å²) in [6.45, 7) is -3.01. The number of rotatable bonds is 20. The minimum atomic E-state index is -3.81. The molecule has 0 rings (SSSR count). The molecule has 0 aliphatic rings. The van der Waals surface area contributed by atoms with Gasteiger partial charge in [-0.25, -0.2) is 0 Å². The molecule has 0 unspecified atom stereocenters. The summed E-state index contributed by atoms with van der Waals surface area (Å²) in [4.78, 5) is 45.3. The molecule has 11 heteroatoms. The number of hydrogen-bond acceptors (Lipinski definition) is 2. The van der Waals surface area contributed by atoms with Crippen LogP contribution in [0.5, 0.6) is 0 Å². The summed E-state index contributed by atoms with van der Waals surface area (Å²) >= 11 is 7.21.